The van der Waals surface area contributed by atoms with Crippen molar-refractivity contribution in [3.8, 4) is 0 Å². The largest absolute Gasteiger partial charge is 0.323 e. The zero-order valence-electron chi connectivity index (χ0n) is 10.3. The van der Waals surface area contributed by atoms with Gasteiger partial charge >= 0.3 is 0 Å². The molecule has 0 saturated carbocycles. The summed E-state index contributed by atoms with van der Waals surface area (Å²) in [5.74, 6) is -0.0785. The molecule has 0 aliphatic carbocycles. The Morgan fingerprint density at radius 2 is 1.71 bits per heavy atom. The van der Waals surface area contributed by atoms with Gasteiger partial charge in [-0.15, -0.1) is 0 Å². The molecule has 2 N–H and O–H groups in total. The number of rotatable bonds is 3. The van der Waals surface area contributed by atoms with Gasteiger partial charge in [0.05, 0.1) is 11.2 Å². The molecule has 0 fully saturated rings. The maximum Gasteiger partial charge on any atom is 0.244 e. The van der Waals surface area contributed by atoms with E-state index in [-0.39, 0.29) is 5.91 Å². The van der Waals surface area contributed by atoms with Crippen LogP contribution in [0.25, 0.3) is 0 Å². The van der Waals surface area contributed by atoms with Crippen molar-refractivity contribution in [2.24, 2.45) is 0 Å². The van der Waals surface area contributed by atoms with Crippen LogP contribution in [0.3, 0.4) is 0 Å². The summed E-state index contributed by atoms with van der Waals surface area (Å²) in [6.45, 7) is 5.66. The topological polar surface area (TPSA) is 41.1 Å². The van der Waals surface area contributed by atoms with Crippen molar-refractivity contribution in [1.29, 1.82) is 0 Å². The second kappa shape index (κ2) is 5.50. The van der Waals surface area contributed by atoms with Crippen LogP contribution < -0.4 is 10.6 Å². The number of likely N-dealkylation sites (N-methyl/N-ethyl adjacent to an activating group) is 1. The number of carbonyl (C=O) groups is 1. The average molecular weight is 364 g/mol. The summed E-state index contributed by atoms with van der Waals surface area (Å²) >= 11 is 6.90. The minimum Gasteiger partial charge on any atom is -0.323 e. The van der Waals surface area contributed by atoms with Gasteiger partial charge < -0.3 is 10.6 Å². The van der Waals surface area contributed by atoms with Gasteiger partial charge in [0.2, 0.25) is 5.91 Å². The first-order chi connectivity index (χ1) is 7.77. The molecule has 0 radical (unpaired) electrons. The lowest BCUT2D eigenvalue weighted by atomic mass is 10.1. The predicted molar refractivity (Wildman–Crippen MR) is 78.3 cm³/mol. The third kappa shape index (κ3) is 3.53. The van der Waals surface area contributed by atoms with Gasteiger partial charge in [-0.1, -0.05) is 0 Å². The van der Waals surface area contributed by atoms with Crippen LogP contribution in [0.4, 0.5) is 5.69 Å². The quantitative estimate of drug-likeness (QED) is 0.863. The fraction of sp³-hybridized carbons (Fsp3) is 0.417. The summed E-state index contributed by atoms with van der Waals surface area (Å²) in [5, 5.41) is 5.87. The number of anilines is 1. The molecule has 0 spiro atoms. The van der Waals surface area contributed by atoms with Crippen molar-refractivity contribution in [2.75, 3.05) is 12.4 Å². The van der Waals surface area contributed by atoms with E-state index in [0.717, 1.165) is 20.2 Å². The highest BCUT2D eigenvalue weighted by atomic mass is 79.9. The first-order valence-corrected chi connectivity index (χ1v) is 6.82. The van der Waals surface area contributed by atoms with E-state index in [1.807, 2.05) is 32.9 Å². The minimum absolute atomic E-state index is 0.0785. The molecule has 1 amide bonds. The predicted octanol–water partition coefficient (Wildman–Crippen LogP) is 3.46. The fourth-order valence-corrected chi connectivity index (χ4v) is 2.82. The van der Waals surface area contributed by atoms with Crippen LogP contribution >= 0.6 is 31.9 Å². The summed E-state index contributed by atoms with van der Waals surface area (Å²) in [6.07, 6.45) is 0. The lowest BCUT2D eigenvalue weighted by molar-refractivity contribution is -0.121. The summed E-state index contributed by atoms with van der Waals surface area (Å²) in [7, 11) is 1.76. The minimum atomic E-state index is -0.607. The molecule has 3 nitrogen and oxygen atoms in total. The zero-order chi connectivity index (χ0) is 13.2. The van der Waals surface area contributed by atoms with Gasteiger partial charge in [-0.25, -0.2) is 0 Å². The first kappa shape index (κ1) is 14.7. The van der Waals surface area contributed by atoms with Crippen LogP contribution in [0.2, 0.25) is 0 Å². The number of carbonyl (C=O) groups excluding carboxylic acids is 1. The van der Waals surface area contributed by atoms with Crippen molar-refractivity contribution in [3.05, 3.63) is 26.6 Å². The zero-order valence-corrected chi connectivity index (χ0v) is 13.5. The van der Waals surface area contributed by atoms with Crippen LogP contribution in [-0.2, 0) is 4.79 Å². The van der Waals surface area contributed by atoms with Gasteiger partial charge in [-0.2, -0.15) is 0 Å². The lowest BCUT2D eigenvalue weighted by Crippen LogP contribution is -2.48. The first-order valence-electron chi connectivity index (χ1n) is 5.24. The molecule has 0 bridgehead atoms. The van der Waals surface area contributed by atoms with E-state index >= 15 is 0 Å². The average Bonchev–Trinajstić information content (AvgIpc) is 2.22. The molecule has 0 aliphatic heterocycles. The van der Waals surface area contributed by atoms with Crippen LogP contribution in [0.5, 0.6) is 0 Å². The van der Waals surface area contributed by atoms with E-state index in [9.17, 15) is 4.79 Å². The molecule has 0 aromatic heterocycles. The second-order valence-electron chi connectivity index (χ2n) is 4.43. The van der Waals surface area contributed by atoms with Crippen LogP contribution in [-0.4, -0.2) is 18.5 Å². The Hall–Kier alpha value is -0.390. The number of aryl methyl sites for hydroxylation is 1. The molecule has 1 aromatic carbocycles. The number of amides is 1. The van der Waals surface area contributed by atoms with E-state index < -0.39 is 5.54 Å². The number of hydrogen-bond donors (Lipinski definition) is 2. The number of benzene rings is 1. The van der Waals surface area contributed by atoms with Gasteiger partial charge in [0, 0.05) is 8.95 Å². The summed E-state index contributed by atoms with van der Waals surface area (Å²) in [6, 6.07) is 3.93. The highest BCUT2D eigenvalue weighted by Crippen LogP contribution is 2.32. The Morgan fingerprint density at radius 1 is 1.24 bits per heavy atom. The Kier molecular flexibility index (Phi) is 4.75. The molecule has 0 unspecified atom stereocenters. The molecule has 5 heteroatoms. The monoisotopic (exact) mass is 362 g/mol. The lowest BCUT2D eigenvalue weighted by Gasteiger charge is -2.23. The van der Waals surface area contributed by atoms with Crippen LogP contribution in [0, 0.1) is 6.92 Å². The van der Waals surface area contributed by atoms with Gasteiger partial charge in [-0.05, 0) is 77.4 Å². The Balaban J connectivity index is 3.01. The Labute approximate surface area is 119 Å². The molecule has 0 heterocycles. The summed E-state index contributed by atoms with van der Waals surface area (Å²) < 4.78 is 1.73. The van der Waals surface area contributed by atoms with E-state index in [2.05, 4.69) is 42.5 Å². The standard InChI is InChI=1S/C12H16Br2N2O/c1-7-5-8(13)10(9(14)6-7)16-11(17)12(2,3)15-4/h5-6,15H,1-4H3,(H,16,17). The molecule has 94 valence electrons. The van der Waals surface area contributed by atoms with Gasteiger partial charge in [-0.3, -0.25) is 4.79 Å². The van der Waals surface area contributed by atoms with Gasteiger partial charge in [0.15, 0.2) is 0 Å². The molecule has 17 heavy (non-hydrogen) atoms. The third-order valence-electron chi connectivity index (χ3n) is 2.62. The molecule has 0 saturated heterocycles. The maximum atomic E-state index is 12.0. The van der Waals surface area contributed by atoms with Crippen LogP contribution in [0.15, 0.2) is 21.1 Å². The molecule has 1 aromatic rings. The fourth-order valence-electron chi connectivity index (χ4n) is 1.20. The number of nitrogens with one attached hydrogen (secondary N) is 2. The van der Waals surface area contributed by atoms with E-state index in [1.54, 1.807) is 7.05 Å². The molecule has 0 aliphatic rings. The van der Waals surface area contributed by atoms with Crippen molar-refractivity contribution in [3.63, 3.8) is 0 Å². The maximum absolute atomic E-state index is 12.0. The highest BCUT2D eigenvalue weighted by Gasteiger charge is 2.26. The normalized spacial score (nSPS) is 11.4. The second-order valence-corrected chi connectivity index (χ2v) is 6.14. The molecule has 1 rings (SSSR count). The SMILES string of the molecule is CNC(C)(C)C(=O)Nc1c(Br)cc(C)cc1Br. The third-order valence-corrected chi connectivity index (χ3v) is 3.87. The number of halogens is 2. The smallest absolute Gasteiger partial charge is 0.244 e. The van der Waals surface area contributed by atoms with Gasteiger partial charge in [0.1, 0.15) is 0 Å². The summed E-state index contributed by atoms with van der Waals surface area (Å²) in [4.78, 5) is 12.0. The van der Waals surface area contributed by atoms with E-state index in [1.165, 1.54) is 0 Å². The molecular formula is C12H16Br2N2O. The van der Waals surface area contributed by atoms with Crippen molar-refractivity contribution < 1.29 is 4.79 Å². The Bertz CT molecular complexity index is 421. The van der Waals surface area contributed by atoms with E-state index in [0.29, 0.717) is 0 Å². The highest BCUT2D eigenvalue weighted by molar-refractivity contribution is 9.11. The summed E-state index contributed by atoms with van der Waals surface area (Å²) in [5.41, 5.74) is 1.27. The van der Waals surface area contributed by atoms with Crippen molar-refractivity contribution in [1.82, 2.24) is 5.32 Å². The molecule has 0 atom stereocenters. The molecular weight excluding hydrogens is 348 g/mol. The van der Waals surface area contributed by atoms with Crippen LogP contribution in [0.1, 0.15) is 19.4 Å². The van der Waals surface area contributed by atoms with Gasteiger partial charge in [0.25, 0.3) is 0 Å². The van der Waals surface area contributed by atoms with Crippen molar-refractivity contribution in [2.45, 2.75) is 26.3 Å². The number of hydrogen-bond acceptors (Lipinski definition) is 2. The van der Waals surface area contributed by atoms with Crippen molar-refractivity contribution >= 4 is 43.5 Å². The Morgan fingerprint density at radius 3 is 2.12 bits per heavy atom. The van der Waals surface area contributed by atoms with E-state index in [4.69, 9.17) is 0 Å².